The largest absolute Gasteiger partial charge is 0.452 e. The summed E-state index contributed by atoms with van der Waals surface area (Å²) in [6.07, 6.45) is 3.51. The molecule has 1 N–H and O–H groups in total. The molecule has 0 aromatic heterocycles. The molecule has 3 aliphatic rings. The van der Waals surface area contributed by atoms with Crippen LogP contribution in [0, 0.1) is 17.3 Å². The van der Waals surface area contributed by atoms with Crippen LogP contribution in [0.4, 0.5) is 0 Å². The first-order chi connectivity index (χ1) is 8.45. The van der Waals surface area contributed by atoms with Gasteiger partial charge in [-0.1, -0.05) is 26.7 Å². The zero-order valence-corrected chi connectivity index (χ0v) is 11.4. The predicted molar refractivity (Wildman–Crippen MR) is 67.8 cm³/mol. The molecule has 2 fully saturated rings. The highest BCUT2D eigenvalue weighted by Gasteiger charge is 2.55. The fraction of sp³-hybridized carbons (Fsp3) is 0.800. The van der Waals surface area contributed by atoms with Crippen molar-refractivity contribution in [3.05, 3.63) is 11.1 Å². The normalized spacial score (nSPS) is 47.7. The summed E-state index contributed by atoms with van der Waals surface area (Å²) < 4.78 is 5.36. The second-order valence-electron chi connectivity index (χ2n) is 6.59. The van der Waals surface area contributed by atoms with Gasteiger partial charge in [-0.3, -0.25) is 0 Å². The van der Waals surface area contributed by atoms with E-state index in [9.17, 15) is 9.90 Å². The zero-order chi connectivity index (χ0) is 13.1. The molecular formula is C15H22O3. The van der Waals surface area contributed by atoms with Gasteiger partial charge in [-0.15, -0.1) is 0 Å². The first kappa shape index (κ1) is 12.2. The Balaban J connectivity index is 2.02. The minimum atomic E-state index is -0.511. The molecule has 2 aliphatic carbocycles. The second kappa shape index (κ2) is 3.83. The average molecular weight is 250 g/mol. The highest BCUT2D eigenvalue weighted by Crippen LogP contribution is 2.56. The van der Waals surface area contributed by atoms with Gasteiger partial charge in [0, 0.05) is 5.57 Å². The molecule has 0 spiro atoms. The quantitative estimate of drug-likeness (QED) is 0.672. The standard InChI is InChI=1S/C15H22O3/c1-8-5-4-6-11-12(16)13-10(7-15(8,11)3)9(2)14(17)18-13/h8,11-13,16H,4-7H2,1-3H3/t8-,11+,12-,13-,15+/m0/s1. The monoisotopic (exact) mass is 250 g/mol. The molecule has 0 radical (unpaired) electrons. The van der Waals surface area contributed by atoms with Crippen LogP contribution in [0.5, 0.6) is 0 Å². The maximum absolute atomic E-state index is 11.7. The van der Waals surface area contributed by atoms with E-state index in [1.54, 1.807) is 0 Å². The third-order valence-electron chi connectivity index (χ3n) is 5.78. The Morgan fingerprint density at radius 3 is 2.83 bits per heavy atom. The summed E-state index contributed by atoms with van der Waals surface area (Å²) in [6, 6.07) is 0. The average Bonchev–Trinajstić information content (AvgIpc) is 2.60. The van der Waals surface area contributed by atoms with Gasteiger partial charge < -0.3 is 9.84 Å². The lowest BCUT2D eigenvalue weighted by molar-refractivity contribution is -0.154. The number of fused-ring (bicyclic) bond motifs is 2. The van der Waals surface area contributed by atoms with Gasteiger partial charge in [-0.2, -0.15) is 0 Å². The van der Waals surface area contributed by atoms with E-state index < -0.39 is 6.10 Å². The number of esters is 1. The Hall–Kier alpha value is -0.830. The predicted octanol–water partition coefficient (Wildman–Crippen LogP) is 2.44. The number of rotatable bonds is 0. The number of carbonyl (C=O) groups excluding carboxylic acids is 1. The Bertz CT molecular complexity index is 425. The molecule has 100 valence electrons. The van der Waals surface area contributed by atoms with Crippen molar-refractivity contribution >= 4 is 5.97 Å². The lowest BCUT2D eigenvalue weighted by Crippen LogP contribution is -2.53. The van der Waals surface area contributed by atoms with Crippen molar-refractivity contribution < 1.29 is 14.6 Å². The summed E-state index contributed by atoms with van der Waals surface area (Å²) >= 11 is 0. The van der Waals surface area contributed by atoms with Crippen molar-refractivity contribution in [1.82, 2.24) is 0 Å². The lowest BCUT2D eigenvalue weighted by Gasteiger charge is -2.53. The minimum Gasteiger partial charge on any atom is -0.452 e. The lowest BCUT2D eigenvalue weighted by atomic mass is 9.53. The third-order valence-corrected chi connectivity index (χ3v) is 5.78. The summed E-state index contributed by atoms with van der Waals surface area (Å²) in [5, 5.41) is 10.6. The van der Waals surface area contributed by atoms with Crippen molar-refractivity contribution in [3.8, 4) is 0 Å². The first-order valence-corrected chi connectivity index (χ1v) is 7.04. The maximum atomic E-state index is 11.7. The summed E-state index contributed by atoms with van der Waals surface area (Å²) in [5.74, 6) is 0.639. The molecule has 1 aliphatic heterocycles. The summed E-state index contributed by atoms with van der Waals surface area (Å²) in [7, 11) is 0. The van der Waals surface area contributed by atoms with Crippen LogP contribution < -0.4 is 0 Å². The Morgan fingerprint density at radius 2 is 2.11 bits per heavy atom. The molecule has 2 saturated carbocycles. The van der Waals surface area contributed by atoms with Crippen LogP contribution in [-0.2, 0) is 9.53 Å². The molecule has 3 heteroatoms. The molecule has 1 heterocycles. The van der Waals surface area contributed by atoms with E-state index in [0.29, 0.717) is 5.92 Å². The molecule has 3 nitrogen and oxygen atoms in total. The van der Waals surface area contributed by atoms with Gasteiger partial charge in [0.25, 0.3) is 0 Å². The van der Waals surface area contributed by atoms with E-state index in [0.717, 1.165) is 24.0 Å². The van der Waals surface area contributed by atoms with E-state index in [-0.39, 0.29) is 23.4 Å². The number of hydrogen-bond acceptors (Lipinski definition) is 3. The first-order valence-electron chi connectivity index (χ1n) is 7.04. The van der Waals surface area contributed by atoms with Gasteiger partial charge in [0.05, 0.1) is 6.10 Å². The van der Waals surface area contributed by atoms with Gasteiger partial charge in [-0.05, 0) is 42.6 Å². The molecule has 0 saturated heterocycles. The fourth-order valence-corrected chi connectivity index (χ4v) is 4.28. The van der Waals surface area contributed by atoms with E-state index in [1.807, 2.05) is 6.92 Å². The molecule has 5 atom stereocenters. The van der Waals surface area contributed by atoms with Crippen LogP contribution in [0.25, 0.3) is 0 Å². The molecule has 0 bridgehead atoms. The van der Waals surface area contributed by atoms with Crippen LogP contribution in [0.15, 0.2) is 11.1 Å². The van der Waals surface area contributed by atoms with E-state index >= 15 is 0 Å². The van der Waals surface area contributed by atoms with Crippen molar-refractivity contribution in [2.45, 2.75) is 58.7 Å². The van der Waals surface area contributed by atoms with Gasteiger partial charge in [0.1, 0.15) is 0 Å². The van der Waals surface area contributed by atoms with Crippen molar-refractivity contribution in [3.63, 3.8) is 0 Å². The molecule has 18 heavy (non-hydrogen) atoms. The van der Waals surface area contributed by atoms with Crippen molar-refractivity contribution in [1.29, 1.82) is 0 Å². The van der Waals surface area contributed by atoms with Crippen LogP contribution >= 0.6 is 0 Å². The Kier molecular flexibility index (Phi) is 2.60. The molecule has 0 amide bonds. The summed E-state index contributed by atoms with van der Waals surface area (Å²) in [5.41, 5.74) is 1.91. The Morgan fingerprint density at radius 1 is 1.39 bits per heavy atom. The van der Waals surface area contributed by atoms with Gasteiger partial charge >= 0.3 is 5.97 Å². The maximum Gasteiger partial charge on any atom is 0.334 e. The third kappa shape index (κ3) is 1.43. The number of ether oxygens (including phenoxy) is 1. The van der Waals surface area contributed by atoms with Crippen molar-refractivity contribution in [2.75, 3.05) is 0 Å². The molecule has 3 rings (SSSR count). The molecule has 0 aromatic carbocycles. The van der Waals surface area contributed by atoms with Gasteiger partial charge in [-0.25, -0.2) is 4.79 Å². The van der Waals surface area contributed by atoms with Gasteiger partial charge in [0.15, 0.2) is 6.10 Å². The topological polar surface area (TPSA) is 46.5 Å². The van der Waals surface area contributed by atoms with Crippen LogP contribution in [0.1, 0.15) is 46.5 Å². The van der Waals surface area contributed by atoms with Crippen LogP contribution in [-0.4, -0.2) is 23.3 Å². The highest BCUT2D eigenvalue weighted by molar-refractivity contribution is 5.91. The van der Waals surface area contributed by atoms with E-state index in [4.69, 9.17) is 4.74 Å². The zero-order valence-electron chi connectivity index (χ0n) is 11.4. The highest BCUT2D eigenvalue weighted by atomic mass is 16.6. The summed E-state index contributed by atoms with van der Waals surface area (Å²) in [4.78, 5) is 11.7. The number of carbonyl (C=O) groups is 1. The molecule has 0 unspecified atom stereocenters. The van der Waals surface area contributed by atoms with E-state index in [1.165, 1.54) is 12.8 Å². The molecule has 0 aromatic rings. The van der Waals surface area contributed by atoms with Crippen LogP contribution in [0.3, 0.4) is 0 Å². The van der Waals surface area contributed by atoms with Gasteiger partial charge in [0.2, 0.25) is 0 Å². The van der Waals surface area contributed by atoms with E-state index in [2.05, 4.69) is 13.8 Å². The minimum absolute atomic E-state index is 0.124. The second-order valence-corrected chi connectivity index (χ2v) is 6.59. The molecular weight excluding hydrogens is 228 g/mol. The Labute approximate surface area is 108 Å². The smallest absolute Gasteiger partial charge is 0.334 e. The number of aliphatic hydroxyl groups excluding tert-OH is 1. The SMILES string of the molecule is CC1=C2C[C@@]3(C)[C@H](CCC[C@@H]3C)[C@H](O)[C@H]2OC1=O. The summed E-state index contributed by atoms with van der Waals surface area (Å²) in [6.45, 7) is 6.40. The number of aliphatic hydroxyl groups is 1. The van der Waals surface area contributed by atoms with Crippen molar-refractivity contribution in [2.24, 2.45) is 17.3 Å². The van der Waals surface area contributed by atoms with Crippen LogP contribution in [0.2, 0.25) is 0 Å². The fourth-order valence-electron chi connectivity index (χ4n) is 4.28. The number of hydrogen-bond donors (Lipinski definition) is 1.